The van der Waals surface area contributed by atoms with Gasteiger partial charge in [-0.05, 0) is 72.6 Å². The largest absolute Gasteiger partial charge is 0.493 e. The van der Waals surface area contributed by atoms with Gasteiger partial charge in [0, 0.05) is 16.1 Å². The van der Waals surface area contributed by atoms with Gasteiger partial charge in [0.2, 0.25) is 5.91 Å². The van der Waals surface area contributed by atoms with Crippen LogP contribution in [0.5, 0.6) is 11.5 Å². The van der Waals surface area contributed by atoms with Crippen molar-refractivity contribution in [3.63, 3.8) is 0 Å². The first kappa shape index (κ1) is 27.2. The minimum absolute atomic E-state index is 0.155. The van der Waals surface area contributed by atoms with Crippen LogP contribution in [-0.4, -0.2) is 31.0 Å². The molecule has 7 nitrogen and oxygen atoms in total. The number of fused-ring (bicyclic) bond motifs is 1. The monoisotopic (exact) mass is 569 g/mol. The summed E-state index contributed by atoms with van der Waals surface area (Å²) < 4.78 is 11.6. The number of methoxy groups -OCH3 is 2. The van der Waals surface area contributed by atoms with E-state index in [1.807, 2.05) is 73.7 Å². The van der Waals surface area contributed by atoms with Crippen LogP contribution in [0.4, 0.5) is 10.8 Å². The zero-order valence-electron chi connectivity index (χ0n) is 22.1. The second-order valence-electron chi connectivity index (χ2n) is 8.94. The molecule has 40 heavy (non-hydrogen) atoms. The van der Waals surface area contributed by atoms with Crippen molar-refractivity contribution in [3.8, 4) is 11.5 Å². The predicted molar refractivity (Wildman–Crippen MR) is 162 cm³/mol. The molecule has 2 amide bonds. The fourth-order valence-electron chi connectivity index (χ4n) is 4.09. The second kappa shape index (κ2) is 12.2. The molecule has 0 aliphatic carbocycles. The number of carbonyl (C=O) groups excluding carboxylic acids is 2. The number of thioether (sulfide) groups is 1. The molecule has 0 aliphatic rings. The van der Waals surface area contributed by atoms with Gasteiger partial charge in [0.1, 0.15) is 5.25 Å². The predicted octanol–water partition coefficient (Wildman–Crippen LogP) is 7.35. The molecule has 1 aromatic heterocycles. The number of aryl methyl sites for hydroxylation is 1. The molecule has 5 rings (SSSR count). The van der Waals surface area contributed by atoms with Crippen molar-refractivity contribution in [3.05, 3.63) is 108 Å². The van der Waals surface area contributed by atoms with Gasteiger partial charge in [-0.2, -0.15) is 0 Å². The Morgan fingerprint density at radius 1 is 0.850 bits per heavy atom. The maximum absolute atomic E-state index is 13.5. The highest BCUT2D eigenvalue weighted by Crippen LogP contribution is 2.37. The van der Waals surface area contributed by atoms with Crippen molar-refractivity contribution >= 4 is 55.9 Å². The van der Waals surface area contributed by atoms with Gasteiger partial charge in [-0.15, -0.1) is 11.8 Å². The lowest BCUT2D eigenvalue weighted by atomic mass is 10.1. The van der Waals surface area contributed by atoms with Gasteiger partial charge in [-0.25, -0.2) is 4.98 Å². The first-order valence-corrected chi connectivity index (χ1v) is 14.2. The highest BCUT2D eigenvalue weighted by atomic mass is 32.2. The molecule has 0 saturated heterocycles. The molecular formula is C31H27N3O4S2. The molecule has 0 aliphatic heterocycles. The van der Waals surface area contributed by atoms with E-state index in [0.29, 0.717) is 27.9 Å². The Labute approximate surface area is 240 Å². The lowest BCUT2D eigenvalue weighted by Gasteiger charge is -2.16. The first-order valence-electron chi connectivity index (χ1n) is 12.5. The normalized spacial score (nSPS) is 11.6. The Bertz CT molecular complexity index is 1650. The Balaban J connectivity index is 1.30. The van der Waals surface area contributed by atoms with E-state index in [4.69, 9.17) is 9.47 Å². The summed E-state index contributed by atoms with van der Waals surface area (Å²) in [6.45, 7) is 2.03. The van der Waals surface area contributed by atoms with Crippen LogP contribution in [0, 0.1) is 6.92 Å². The maximum Gasteiger partial charge on any atom is 0.255 e. The SMILES string of the molecule is COc1ccc(C(=O)Nc2ccc(SC(C(=O)Nc3nc4ccc(C)cc4s3)c3ccccc3)cc2)cc1OC. The van der Waals surface area contributed by atoms with E-state index >= 15 is 0 Å². The molecule has 0 spiro atoms. The van der Waals surface area contributed by atoms with Gasteiger partial charge in [-0.3, -0.25) is 9.59 Å². The molecule has 0 bridgehead atoms. The molecule has 202 valence electrons. The zero-order chi connectivity index (χ0) is 28.1. The van der Waals surface area contributed by atoms with Gasteiger partial charge in [0.15, 0.2) is 16.6 Å². The van der Waals surface area contributed by atoms with Gasteiger partial charge in [0.05, 0.1) is 24.4 Å². The zero-order valence-corrected chi connectivity index (χ0v) is 23.8. The third-order valence-electron chi connectivity index (χ3n) is 6.13. The van der Waals surface area contributed by atoms with Crippen LogP contribution in [-0.2, 0) is 4.79 Å². The lowest BCUT2D eigenvalue weighted by Crippen LogP contribution is -2.18. The molecule has 1 heterocycles. The number of thiazole rings is 1. The number of carbonyl (C=O) groups is 2. The summed E-state index contributed by atoms with van der Waals surface area (Å²) in [5.74, 6) is 0.607. The van der Waals surface area contributed by atoms with Gasteiger partial charge in [-0.1, -0.05) is 47.7 Å². The summed E-state index contributed by atoms with van der Waals surface area (Å²) in [5, 5.41) is 5.99. The van der Waals surface area contributed by atoms with Gasteiger partial charge in [0.25, 0.3) is 5.91 Å². The Morgan fingerprint density at radius 3 is 2.33 bits per heavy atom. The van der Waals surface area contributed by atoms with Crippen LogP contribution in [0.25, 0.3) is 10.2 Å². The molecule has 0 radical (unpaired) electrons. The molecule has 5 aromatic rings. The number of benzene rings is 4. The van der Waals surface area contributed by atoms with Crippen LogP contribution < -0.4 is 20.1 Å². The van der Waals surface area contributed by atoms with Crippen LogP contribution in [0.3, 0.4) is 0 Å². The smallest absolute Gasteiger partial charge is 0.255 e. The molecule has 0 fully saturated rings. The molecule has 4 aromatic carbocycles. The number of rotatable bonds is 9. The molecule has 9 heteroatoms. The van der Waals surface area contributed by atoms with E-state index in [0.717, 1.165) is 26.2 Å². The van der Waals surface area contributed by atoms with E-state index in [2.05, 4.69) is 21.7 Å². The van der Waals surface area contributed by atoms with Crippen molar-refractivity contribution in [2.45, 2.75) is 17.1 Å². The number of amides is 2. The number of nitrogens with zero attached hydrogens (tertiary/aromatic N) is 1. The van der Waals surface area contributed by atoms with E-state index in [1.165, 1.54) is 30.2 Å². The molecule has 2 N–H and O–H groups in total. The van der Waals surface area contributed by atoms with E-state index in [9.17, 15) is 9.59 Å². The van der Waals surface area contributed by atoms with Crippen molar-refractivity contribution < 1.29 is 19.1 Å². The Kier molecular flexibility index (Phi) is 8.33. The van der Waals surface area contributed by atoms with Gasteiger partial charge >= 0.3 is 0 Å². The van der Waals surface area contributed by atoms with Crippen LogP contribution in [0.2, 0.25) is 0 Å². The van der Waals surface area contributed by atoms with E-state index in [1.54, 1.807) is 25.3 Å². The average molecular weight is 570 g/mol. The topological polar surface area (TPSA) is 89.5 Å². The van der Waals surface area contributed by atoms with Crippen molar-refractivity contribution in [2.24, 2.45) is 0 Å². The second-order valence-corrected chi connectivity index (χ2v) is 11.1. The fraction of sp³-hybridized carbons (Fsp3) is 0.129. The number of anilines is 2. The lowest BCUT2D eigenvalue weighted by molar-refractivity contribution is -0.115. The fourth-order valence-corrected chi connectivity index (χ4v) is 6.08. The number of aromatic nitrogens is 1. The minimum Gasteiger partial charge on any atom is -0.493 e. The summed E-state index contributed by atoms with van der Waals surface area (Å²) in [6.07, 6.45) is 0. The maximum atomic E-state index is 13.5. The number of nitrogens with one attached hydrogen (secondary N) is 2. The van der Waals surface area contributed by atoms with Crippen molar-refractivity contribution in [1.29, 1.82) is 0 Å². The summed E-state index contributed by atoms with van der Waals surface area (Å²) in [5.41, 5.74) is 3.97. The van der Waals surface area contributed by atoms with Crippen molar-refractivity contribution in [2.75, 3.05) is 24.9 Å². The standard InChI is InChI=1S/C31H27N3O4S2/c1-19-9-15-24-27(17-19)40-31(33-24)34-30(36)28(20-7-5-4-6-8-20)39-23-13-11-22(12-14-23)32-29(35)21-10-16-25(37-2)26(18-21)38-3/h4-18,28H,1-3H3,(H,32,35)(H,33,34,36). The Hall–Kier alpha value is -4.34. The third-order valence-corrected chi connectivity index (χ3v) is 8.33. The Morgan fingerprint density at radius 2 is 1.60 bits per heavy atom. The highest BCUT2D eigenvalue weighted by Gasteiger charge is 2.23. The van der Waals surface area contributed by atoms with E-state index < -0.39 is 5.25 Å². The van der Waals surface area contributed by atoms with Crippen LogP contribution in [0.15, 0.2) is 95.9 Å². The minimum atomic E-state index is -0.498. The summed E-state index contributed by atoms with van der Waals surface area (Å²) in [6, 6.07) is 28.1. The van der Waals surface area contributed by atoms with Gasteiger partial charge < -0.3 is 20.1 Å². The quantitative estimate of drug-likeness (QED) is 0.181. The van der Waals surface area contributed by atoms with Crippen molar-refractivity contribution in [1.82, 2.24) is 4.98 Å². The summed E-state index contributed by atoms with van der Waals surface area (Å²) in [7, 11) is 3.07. The summed E-state index contributed by atoms with van der Waals surface area (Å²) in [4.78, 5) is 31.8. The number of hydrogen-bond acceptors (Lipinski definition) is 7. The summed E-state index contributed by atoms with van der Waals surface area (Å²) >= 11 is 2.89. The molecule has 0 saturated carbocycles. The molecular weight excluding hydrogens is 542 g/mol. The number of hydrogen-bond donors (Lipinski definition) is 2. The third kappa shape index (κ3) is 6.27. The van der Waals surface area contributed by atoms with E-state index in [-0.39, 0.29) is 11.8 Å². The highest BCUT2D eigenvalue weighted by molar-refractivity contribution is 8.00. The average Bonchev–Trinajstić information content (AvgIpc) is 3.37. The molecule has 1 unspecified atom stereocenters. The first-order chi connectivity index (χ1) is 19.4. The number of ether oxygens (including phenoxy) is 2. The van der Waals surface area contributed by atoms with Crippen LogP contribution in [0.1, 0.15) is 26.7 Å². The van der Waals surface area contributed by atoms with Crippen LogP contribution >= 0.6 is 23.1 Å². The molecule has 1 atom stereocenters.